The second-order valence-corrected chi connectivity index (χ2v) is 20.7. The molecule has 5 nitrogen and oxygen atoms in total. The molecule has 88 heavy (non-hydrogen) atoms. The summed E-state index contributed by atoms with van der Waals surface area (Å²) in [7, 11) is 0. The van der Waals surface area contributed by atoms with Gasteiger partial charge in [-0.3, -0.25) is 0 Å². The third kappa shape index (κ3) is 10.2. The van der Waals surface area contributed by atoms with E-state index in [1.54, 1.807) is 120 Å². The summed E-state index contributed by atoms with van der Waals surface area (Å²) in [4.78, 5) is 14.8. The van der Waals surface area contributed by atoms with Crippen molar-refractivity contribution in [1.29, 1.82) is 0 Å². The molecule has 0 saturated carbocycles. The molecule has 0 atom stereocenters. The van der Waals surface area contributed by atoms with Gasteiger partial charge in [-0.25, -0.2) is 15.0 Å². The quantitative estimate of drug-likeness (QED) is 0.142. The van der Waals surface area contributed by atoms with Crippen LogP contribution in [-0.4, -0.2) is 24.1 Å². The molecule has 0 amide bonds. The maximum Gasteiger partial charge on any atom is 0.417 e. The van der Waals surface area contributed by atoms with Gasteiger partial charge in [-0.15, -0.1) is 0 Å². The minimum Gasteiger partial charge on any atom is -0.309 e. The maximum atomic E-state index is 16.6. The Labute approximate surface area is 487 Å². The lowest BCUT2D eigenvalue weighted by atomic mass is 9.90. The van der Waals surface area contributed by atoms with Crippen LogP contribution in [0.2, 0.25) is 0 Å². The zero-order chi connectivity index (χ0) is 61.8. The Morgan fingerprint density at radius 3 is 1.02 bits per heavy atom. The van der Waals surface area contributed by atoms with Gasteiger partial charge in [0.15, 0.2) is 17.5 Å². The van der Waals surface area contributed by atoms with Crippen LogP contribution in [0.15, 0.2) is 218 Å². The van der Waals surface area contributed by atoms with Crippen molar-refractivity contribution in [2.45, 2.75) is 30.9 Å². The number of hydrogen-bond donors (Lipinski definition) is 0. The van der Waals surface area contributed by atoms with Gasteiger partial charge >= 0.3 is 30.9 Å². The standard InChI is InChI=1S/C68H36F15N5/c69-64(70,71)43-29-41(30-44(35-43)65(72,73)74)39-25-27-55-50(33-39)47-17-7-9-21-53(47)87(55)57-23-11-19-49(63-85-61(37-13-3-1-4-14-37)84-62(86-63)38-15-5-2-6-16-38)59(57)60-52(68(81,82)83)20-12-24-58(60)88-54-22-10-8-18-48(54)51-34-40(26-28-56(51)88)42-31-45(66(75,76)77)36-46(32-42)67(78,79)80/h1-36H. The fraction of sp³-hybridized carbons (Fsp3) is 0.0735. The topological polar surface area (TPSA) is 48.5 Å². The number of aromatic nitrogens is 5. The van der Waals surface area contributed by atoms with E-state index in [0.717, 1.165) is 6.07 Å². The molecular weight excluding hydrogens is 1170 g/mol. The predicted octanol–water partition coefficient (Wildman–Crippen LogP) is 21.2. The molecule has 3 heterocycles. The number of benzene rings is 10. The van der Waals surface area contributed by atoms with Crippen LogP contribution in [0.5, 0.6) is 0 Å². The molecule has 0 saturated heterocycles. The molecule has 0 spiro atoms. The highest BCUT2D eigenvalue weighted by atomic mass is 19.4. The van der Waals surface area contributed by atoms with Crippen molar-refractivity contribution in [2.24, 2.45) is 0 Å². The van der Waals surface area contributed by atoms with E-state index < -0.39 is 75.4 Å². The van der Waals surface area contributed by atoms with Gasteiger partial charge < -0.3 is 9.13 Å². The van der Waals surface area contributed by atoms with Crippen molar-refractivity contribution in [3.63, 3.8) is 0 Å². The number of rotatable bonds is 8. The van der Waals surface area contributed by atoms with Crippen LogP contribution in [0.3, 0.4) is 0 Å². The van der Waals surface area contributed by atoms with Gasteiger partial charge in [0.05, 0.1) is 61.3 Å². The molecule has 3 aromatic heterocycles. The minimum atomic E-state index is -5.18. The number of nitrogens with zero attached hydrogens (tertiary/aromatic N) is 5. The molecule has 10 aromatic carbocycles. The van der Waals surface area contributed by atoms with Crippen LogP contribution in [0.4, 0.5) is 65.9 Å². The van der Waals surface area contributed by atoms with Crippen LogP contribution in [0.25, 0.3) is 123 Å². The Hall–Kier alpha value is -10.2. The highest BCUT2D eigenvalue weighted by Gasteiger charge is 2.41. The third-order valence-corrected chi connectivity index (χ3v) is 15.2. The summed E-state index contributed by atoms with van der Waals surface area (Å²) in [6, 6.07) is 49.1. The van der Waals surface area contributed by atoms with Gasteiger partial charge in [-0.1, -0.05) is 127 Å². The summed E-state index contributed by atoms with van der Waals surface area (Å²) in [6.07, 6.45) is -25.9. The number of halogens is 15. The molecule has 438 valence electrons. The molecule has 0 bridgehead atoms. The SMILES string of the molecule is FC(F)(F)c1cc(-c2ccc3c(c2)c2ccccc2n3-c2cccc(-c3nc(-c4ccccc4)nc(-c4ccccc4)n3)c2-c2c(-n3c4ccccc4c4cc(-c5cc(C(F)(F)F)cc(C(F)(F)F)c5)ccc43)cccc2C(F)(F)F)cc(C(F)(F)F)c1. The largest absolute Gasteiger partial charge is 0.417 e. The maximum absolute atomic E-state index is 16.6. The van der Waals surface area contributed by atoms with Crippen LogP contribution in [-0.2, 0) is 30.9 Å². The smallest absolute Gasteiger partial charge is 0.309 e. The van der Waals surface area contributed by atoms with E-state index in [9.17, 15) is 52.7 Å². The first-order valence-corrected chi connectivity index (χ1v) is 26.7. The first-order chi connectivity index (χ1) is 41.8. The summed E-state index contributed by atoms with van der Waals surface area (Å²) in [6.45, 7) is 0. The number of para-hydroxylation sites is 2. The Balaban J connectivity index is 1.14. The second kappa shape index (κ2) is 20.7. The van der Waals surface area contributed by atoms with E-state index in [0.29, 0.717) is 51.7 Å². The highest BCUT2D eigenvalue weighted by molar-refractivity contribution is 6.13. The fourth-order valence-corrected chi connectivity index (χ4v) is 11.4. The van der Waals surface area contributed by atoms with Crippen LogP contribution >= 0.6 is 0 Å². The third-order valence-electron chi connectivity index (χ3n) is 15.2. The molecule has 0 aliphatic rings. The lowest BCUT2D eigenvalue weighted by Crippen LogP contribution is -2.12. The Morgan fingerprint density at radius 1 is 0.250 bits per heavy atom. The lowest BCUT2D eigenvalue weighted by Gasteiger charge is -2.24. The van der Waals surface area contributed by atoms with Crippen LogP contribution < -0.4 is 0 Å². The number of hydrogen-bond acceptors (Lipinski definition) is 3. The Bertz CT molecular complexity index is 4780. The number of fused-ring (bicyclic) bond motifs is 6. The van der Waals surface area contributed by atoms with Gasteiger partial charge in [-0.05, 0) is 113 Å². The van der Waals surface area contributed by atoms with Crippen molar-refractivity contribution in [3.8, 4) is 78.9 Å². The molecule has 0 aliphatic carbocycles. The second-order valence-electron chi connectivity index (χ2n) is 20.7. The van der Waals surface area contributed by atoms with Gasteiger partial charge in [-0.2, -0.15) is 65.9 Å². The number of alkyl halides is 15. The first-order valence-electron chi connectivity index (χ1n) is 26.7. The van der Waals surface area contributed by atoms with Gasteiger partial charge in [0.25, 0.3) is 0 Å². The average molecular weight is 1210 g/mol. The van der Waals surface area contributed by atoms with Crippen LogP contribution in [0.1, 0.15) is 27.8 Å². The molecule has 0 N–H and O–H groups in total. The summed E-state index contributed by atoms with van der Waals surface area (Å²) in [5.41, 5.74) is -7.11. The van der Waals surface area contributed by atoms with E-state index in [4.69, 9.17) is 15.0 Å². The Morgan fingerprint density at radius 2 is 0.614 bits per heavy atom. The summed E-state index contributed by atoms with van der Waals surface area (Å²) in [5.74, 6) is 0.130. The van der Waals surface area contributed by atoms with Gasteiger partial charge in [0.1, 0.15) is 0 Å². The summed E-state index contributed by atoms with van der Waals surface area (Å²) in [5, 5.41) is 1.24. The van der Waals surface area contributed by atoms with Gasteiger partial charge in [0, 0.05) is 49.4 Å². The monoisotopic (exact) mass is 1210 g/mol. The van der Waals surface area contributed by atoms with Crippen molar-refractivity contribution in [1.82, 2.24) is 24.1 Å². The molecule has 0 radical (unpaired) electrons. The van der Waals surface area contributed by atoms with E-state index >= 15 is 13.2 Å². The van der Waals surface area contributed by atoms with Crippen molar-refractivity contribution >= 4 is 43.6 Å². The minimum absolute atomic E-state index is 0.00444. The highest BCUT2D eigenvalue weighted by Crippen LogP contribution is 2.51. The normalized spacial score (nSPS) is 12.7. The Kier molecular flexibility index (Phi) is 13.4. The lowest BCUT2D eigenvalue weighted by molar-refractivity contribution is -0.144. The molecule has 0 aliphatic heterocycles. The molecule has 20 heteroatoms. The molecule has 13 aromatic rings. The van der Waals surface area contributed by atoms with Crippen LogP contribution in [0, 0.1) is 0 Å². The molecular formula is C68H36F15N5. The van der Waals surface area contributed by atoms with E-state index in [1.165, 1.54) is 65.2 Å². The zero-order valence-corrected chi connectivity index (χ0v) is 44.7. The summed E-state index contributed by atoms with van der Waals surface area (Å²) >= 11 is 0. The summed E-state index contributed by atoms with van der Waals surface area (Å²) < 4.78 is 224. The fourth-order valence-electron chi connectivity index (χ4n) is 11.4. The molecule has 13 rings (SSSR count). The zero-order valence-electron chi connectivity index (χ0n) is 44.7. The first kappa shape index (κ1) is 56.9. The van der Waals surface area contributed by atoms with E-state index in [2.05, 4.69) is 0 Å². The van der Waals surface area contributed by atoms with Crippen molar-refractivity contribution < 1.29 is 65.9 Å². The van der Waals surface area contributed by atoms with Gasteiger partial charge in [0.2, 0.25) is 0 Å². The average Bonchev–Trinajstić information content (AvgIpc) is 1.58. The molecule has 0 fully saturated rings. The predicted molar refractivity (Wildman–Crippen MR) is 306 cm³/mol. The van der Waals surface area contributed by atoms with E-state index in [-0.39, 0.29) is 90.6 Å². The van der Waals surface area contributed by atoms with E-state index in [1.807, 2.05) is 0 Å². The van der Waals surface area contributed by atoms with Crippen molar-refractivity contribution in [2.75, 3.05) is 0 Å². The molecule has 0 unspecified atom stereocenters. The van der Waals surface area contributed by atoms with Crippen molar-refractivity contribution in [3.05, 3.63) is 246 Å².